The molecular weight excluding hydrogens is 404 g/mol. The highest BCUT2D eigenvalue weighted by Crippen LogP contribution is 2.28. The third kappa shape index (κ3) is 6.63. The highest BCUT2D eigenvalue weighted by atomic mass is 16.5. The first kappa shape index (κ1) is 23.5. The summed E-state index contributed by atoms with van der Waals surface area (Å²) in [7, 11) is 3.01. The van der Waals surface area contributed by atoms with Gasteiger partial charge in [-0.05, 0) is 44.2 Å². The zero-order valence-corrected chi connectivity index (χ0v) is 17.9. The van der Waals surface area contributed by atoms with Crippen molar-refractivity contribution in [3.05, 3.63) is 47.5 Å². The van der Waals surface area contributed by atoms with Gasteiger partial charge in [0.05, 0.1) is 50.8 Å². The van der Waals surface area contributed by atoms with Gasteiger partial charge in [-0.25, -0.2) is 9.59 Å². The predicted molar refractivity (Wildman–Crippen MR) is 115 cm³/mol. The summed E-state index contributed by atoms with van der Waals surface area (Å²) in [6.45, 7) is 3.62. The van der Waals surface area contributed by atoms with E-state index in [-0.39, 0.29) is 36.8 Å². The average molecular weight is 430 g/mol. The molecule has 0 radical (unpaired) electrons. The molecule has 0 bridgehead atoms. The van der Waals surface area contributed by atoms with Crippen molar-refractivity contribution < 1.29 is 33.3 Å². The Morgan fingerprint density at radius 2 is 1.45 bits per heavy atom. The maximum Gasteiger partial charge on any atom is 0.338 e. The summed E-state index contributed by atoms with van der Waals surface area (Å²) in [6, 6.07) is 9.42. The number of anilines is 2. The fourth-order valence-corrected chi connectivity index (χ4v) is 2.68. The molecule has 9 nitrogen and oxygen atoms in total. The van der Waals surface area contributed by atoms with Crippen LogP contribution < -0.4 is 20.1 Å². The summed E-state index contributed by atoms with van der Waals surface area (Å²) in [5.74, 6) is -0.497. The zero-order chi connectivity index (χ0) is 22.8. The Kier molecular flexibility index (Phi) is 8.68. The summed E-state index contributed by atoms with van der Waals surface area (Å²) < 4.78 is 20.4. The lowest BCUT2D eigenvalue weighted by Crippen LogP contribution is -2.22. The van der Waals surface area contributed by atoms with E-state index in [9.17, 15) is 14.4 Å². The van der Waals surface area contributed by atoms with Gasteiger partial charge in [0.15, 0.2) is 0 Å². The smallest absolute Gasteiger partial charge is 0.338 e. The van der Waals surface area contributed by atoms with E-state index in [0.29, 0.717) is 22.9 Å². The number of ether oxygens (including phenoxy) is 4. The Morgan fingerprint density at radius 3 is 1.97 bits per heavy atom. The minimum Gasteiger partial charge on any atom is -0.497 e. The molecule has 2 aromatic rings. The van der Waals surface area contributed by atoms with Crippen LogP contribution in [0.15, 0.2) is 36.4 Å². The SMILES string of the molecule is CCOC(=O)c1cc(NCC(=O)Nc2cc(OC)ccc2OC)cc(C(=O)OCC)c1. The van der Waals surface area contributed by atoms with Crippen molar-refractivity contribution in [3.63, 3.8) is 0 Å². The molecule has 0 spiro atoms. The van der Waals surface area contributed by atoms with Crippen molar-refractivity contribution in [2.24, 2.45) is 0 Å². The summed E-state index contributed by atoms with van der Waals surface area (Å²) in [5.41, 5.74) is 1.18. The quantitative estimate of drug-likeness (QED) is 0.553. The average Bonchev–Trinajstić information content (AvgIpc) is 2.77. The zero-order valence-electron chi connectivity index (χ0n) is 17.9. The van der Waals surface area contributed by atoms with Crippen LogP contribution in [0.4, 0.5) is 11.4 Å². The van der Waals surface area contributed by atoms with E-state index in [1.165, 1.54) is 32.4 Å². The first-order valence-corrected chi connectivity index (χ1v) is 9.66. The van der Waals surface area contributed by atoms with Gasteiger partial charge in [0.1, 0.15) is 11.5 Å². The van der Waals surface area contributed by atoms with Crippen LogP contribution in [0.5, 0.6) is 11.5 Å². The maximum absolute atomic E-state index is 12.4. The molecule has 0 aliphatic rings. The van der Waals surface area contributed by atoms with Crippen LogP contribution in [-0.4, -0.2) is 51.8 Å². The lowest BCUT2D eigenvalue weighted by atomic mass is 10.1. The molecule has 31 heavy (non-hydrogen) atoms. The van der Waals surface area contributed by atoms with Gasteiger partial charge in [-0.2, -0.15) is 0 Å². The van der Waals surface area contributed by atoms with Crippen LogP contribution in [0.25, 0.3) is 0 Å². The van der Waals surface area contributed by atoms with Crippen molar-refractivity contribution in [2.45, 2.75) is 13.8 Å². The van der Waals surface area contributed by atoms with Gasteiger partial charge in [-0.15, -0.1) is 0 Å². The number of esters is 2. The largest absolute Gasteiger partial charge is 0.497 e. The molecule has 2 aromatic carbocycles. The number of rotatable bonds is 10. The normalized spacial score (nSPS) is 10.1. The summed E-state index contributed by atoms with van der Waals surface area (Å²) >= 11 is 0. The second kappa shape index (κ2) is 11.4. The monoisotopic (exact) mass is 430 g/mol. The predicted octanol–water partition coefficient (Wildman–Crippen LogP) is 3.11. The number of carbonyl (C=O) groups excluding carboxylic acids is 3. The molecule has 2 rings (SSSR count). The molecule has 1 amide bonds. The minimum atomic E-state index is -0.581. The third-order valence-corrected chi connectivity index (χ3v) is 4.09. The number of nitrogens with one attached hydrogen (secondary N) is 2. The van der Waals surface area contributed by atoms with E-state index in [4.69, 9.17) is 18.9 Å². The van der Waals surface area contributed by atoms with Gasteiger partial charge in [-0.1, -0.05) is 0 Å². The van der Waals surface area contributed by atoms with Gasteiger partial charge in [0.25, 0.3) is 0 Å². The van der Waals surface area contributed by atoms with Crippen molar-refractivity contribution in [2.75, 3.05) is 44.6 Å². The molecule has 9 heteroatoms. The molecule has 0 heterocycles. The Balaban J connectivity index is 2.17. The molecule has 166 valence electrons. The molecule has 0 saturated heterocycles. The number of benzene rings is 2. The molecule has 0 aliphatic carbocycles. The molecule has 0 atom stereocenters. The van der Waals surface area contributed by atoms with Gasteiger partial charge in [0.2, 0.25) is 5.91 Å². The van der Waals surface area contributed by atoms with Crippen molar-refractivity contribution in [1.82, 2.24) is 0 Å². The van der Waals surface area contributed by atoms with Gasteiger partial charge < -0.3 is 29.6 Å². The van der Waals surface area contributed by atoms with Crippen LogP contribution in [0.2, 0.25) is 0 Å². The number of carbonyl (C=O) groups is 3. The van der Waals surface area contributed by atoms with Crippen LogP contribution in [0.3, 0.4) is 0 Å². The number of hydrogen-bond acceptors (Lipinski definition) is 8. The van der Waals surface area contributed by atoms with Crippen molar-refractivity contribution in [1.29, 1.82) is 0 Å². The molecule has 0 saturated carbocycles. The van der Waals surface area contributed by atoms with E-state index < -0.39 is 11.9 Å². The first-order valence-electron chi connectivity index (χ1n) is 9.66. The molecule has 0 aromatic heterocycles. The Hall–Kier alpha value is -3.75. The maximum atomic E-state index is 12.4. The number of methoxy groups -OCH3 is 2. The van der Waals surface area contributed by atoms with Crippen molar-refractivity contribution >= 4 is 29.2 Å². The van der Waals surface area contributed by atoms with Crippen LogP contribution >= 0.6 is 0 Å². The standard InChI is InChI=1S/C22H26N2O7/c1-5-30-21(26)14-9-15(22(27)31-6-2)11-16(10-14)23-13-20(25)24-18-12-17(28-3)7-8-19(18)29-4/h7-12,23H,5-6,13H2,1-4H3,(H,24,25). The van der Waals surface area contributed by atoms with Gasteiger partial charge in [0, 0.05) is 11.8 Å². The Bertz CT molecular complexity index is 907. The van der Waals surface area contributed by atoms with Gasteiger partial charge in [-0.3, -0.25) is 4.79 Å². The highest BCUT2D eigenvalue weighted by Gasteiger charge is 2.16. The summed E-state index contributed by atoms with van der Waals surface area (Å²) in [4.78, 5) is 36.7. The van der Waals surface area contributed by atoms with Crippen LogP contribution in [0, 0.1) is 0 Å². The van der Waals surface area contributed by atoms with E-state index in [0.717, 1.165) is 0 Å². The number of amides is 1. The highest BCUT2D eigenvalue weighted by molar-refractivity contribution is 5.98. The molecule has 0 aliphatic heterocycles. The molecule has 0 unspecified atom stereocenters. The summed E-state index contributed by atoms with van der Waals surface area (Å²) in [6.07, 6.45) is 0. The second-order valence-corrected chi connectivity index (χ2v) is 6.21. The lowest BCUT2D eigenvalue weighted by molar-refractivity contribution is -0.114. The fraction of sp³-hybridized carbons (Fsp3) is 0.318. The van der Waals surface area contributed by atoms with E-state index >= 15 is 0 Å². The van der Waals surface area contributed by atoms with Crippen LogP contribution in [0.1, 0.15) is 34.6 Å². The molecular formula is C22H26N2O7. The Labute approximate surface area is 180 Å². The van der Waals surface area contributed by atoms with E-state index in [2.05, 4.69) is 10.6 Å². The van der Waals surface area contributed by atoms with E-state index in [1.54, 1.807) is 32.0 Å². The van der Waals surface area contributed by atoms with Gasteiger partial charge >= 0.3 is 11.9 Å². The van der Waals surface area contributed by atoms with Crippen LogP contribution in [-0.2, 0) is 14.3 Å². The topological polar surface area (TPSA) is 112 Å². The lowest BCUT2D eigenvalue weighted by Gasteiger charge is -2.13. The molecule has 2 N–H and O–H groups in total. The van der Waals surface area contributed by atoms with Crippen molar-refractivity contribution in [3.8, 4) is 11.5 Å². The molecule has 0 fully saturated rings. The third-order valence-electron chi connectivity index (χ3n) is 4.09. The first-order chi connectivity index (χ1) is 14.9. The van der Waals surface area contributed by atoms with E-state index in [1.807, 2.05) is 0 Å². The summed E-state index contributed by atoms with van der Waals surface area (Å²) in [5, 5.41) is 5.64. The second-order valence-electron chi connectivity index (χ2n) is 6.21. The number of hydrogen-bond donors (Lipinski definition) is 2. The fourth-order valence-electron chi connectivity index (χ4n) is 2.68. The Morgan fingerprint density at radius 1 is 0.839 bits per heavy atom. The minimum absolute atomic E-state index is 0.130.